The molecule has 2 aliphatic rings. The molecule has 0 heterocycles. The molecule has 0 saturated heterocycles. The highest BCUT2D eigenvalue weighted by atomic mass is 14.4. The fourth-order valence-corrected chi connectivity index (χ4v) is 5.27. The van der Waals surface area contributed by atoms with Gasteiger partial charge in [0.15, 0.2) is 0 Å². The summed E-state index contributed by atoms with van der Waals surface area (Å²) in [5.41, 5.74) is -0.137. The molecule has 0 unspecified atom stereocenters. The van der Waals surface area contributed by atoms with E-state index in [2.05, 4.69) is 32.1 Å². The largest absolute Gasteiger partial charge is 0.197 e. The van der Waals surface area contributed by atoms with E-state index in [1.165, 1.54) is 77.0 Å². The van der Waals surface area contributed by atoms with Crippen LogP contribution in [0.4, 0.5) is 0 Å². The van der Waals surface area contributed by atoms with Crippen molar-refractivity contribution in [2.75, 3.05) is 0 Å². The smallest absolute Gasteiger partial charge is 0.0753 e. The molecular formula is C24H41N. The average molecular weight is 344 g/mol. The molecule has 2 saturated carbocycles. The van der Waals surface area contributed by atoms with E-state index in [0.717, 1.165) is 37.0 Å². The van der Waals surface area contributed by atoms with E-state index >= 15 is 0 Å². The van der Waals surface area contributed by atoms with Crippen molar-refractivity contribution in [2.45, 2.75) is 110 Å². The summed E-state index contributed by atoms with van der Waals surface area (Å²) in [6.07, 6.45) is 24.8. The molecule has 2 rings (SSSR count). The van der Waals surface area contributed by atoms with Gasteiger partial charge in [-0.1, -0.05) is 77.4 Å². The molecule has 0 aromatic heterocycles. The van der Waals surface area contributed by atoms with Crippen molar-refractivity contribution >= 4 is 0 Å². The Morgan fingerprint density at radius 1 is 0.880 bits per heavy atom. The van der Waals surface area contributed by atoms with Crippen molar-refractivity contribution in [1.82, 2.24) is 0 Å². The van der Waals surface area contributed by atoms with Crippen molar-refractivity contribution in [1.29, 1.82) is 5.26 Å². The summed E-state index contributed by atoms with van der Waals surface area (Å²) in [5, 5.41) is 9.63. The van der Waals surface area contributed by atoms with Gasteiger partial charge in [0.1, 0.15) is 0 Å². The molecule has 0 N–H and O–H groups in total. The van der Waals surface area contributed by atoms with Gasteiger partial charge in [0.25, 0.3) is 0 Å². The van der Waals surface area contributed by atoms with Crippen LogP contribution >= 0.6 is 0 Å². The Bertz CT molecular complexity index is 414. The zero-order valence-electron chi connectivity index (χ0n) is 16.9. The van der Waals surface area contributed by atoms with Gasteiger partial charge in [0.05, 0.1) is 11.5 Å². The summed E-state index contributed by atoms with van der Waals surface area (Å²) in [7, 11) is 0. The van der Waals surface area contributed by atoms with Crippen LogP contribution in [0.5, 0.6) is 0 Å². The molecule has 0 radical (unpaired) electrons. The van der Waals surface area contributed by atoms with Crippen molar-refractivity contribution in [3.05, 3.63) is 12.2 Å². The molecule has 0 aromatic rings. The summed E-state index contributed by atoms with van der Waals surface area (Å²) >= 11 is 0. The molecular weight excluding hydrogens is 302 g/mol. The third-order valence-electron chi connectivity index (χ3n) is 7.09. The minimum Gasteiger partial charge on any atom is -0.197 e. The molecule has 0 atom stereocenters. The van der Waals surface area contributed by atoms with Crippen molar-refractivity contribution < 1.29 is 0 Å². The van der Waals surface area contributed by atoms with Gasteiger partial charge < -0.3 is 0 Å². The highest BCUT2D eigenvalue weighted by molar-refractivity contribution is 5.14. The van der Waals surface area contributed by atoms with Crippen LogP contribution in [-0.4, -0.2) is 0 Å². The first-order valence-electron chi connectivity index (χ1n) is 11.3. The third kappa shape index (κ3) is 6.47. The van der Waals surface area contributed by atoms with Gasteiger partial charge in [0.2, 0.25) is 0 Å². The molecule has 0 bridgehead atoms. The van der Waals surface area contributed by atoms with Gasteiger partial charge >= 0.3 is 0 Å². The number of rotatable bonds is 9. The first-order chi connectivity index (χ1) is 12.2. The third-order valence-corrected chi connectivity index (χ3v) is 7.09. The lowest BCUT2D eigenvalue weighted by atomic mass is 9.64. The van der Waals surface area contributed by atoms with E-state index in [4.69, 9.17) is 0 Å². The zero-order valence-corrected chi connectivity index (χ0v) is 16.9. The maximum absolute atomic E-state index is 9.63. The van der Waals surface area contributed by atoms with Crippen LogP contribution in [0.15, 0.2) is 12.2 Å². The molecule has 1 heteroatoms. The fraction of sp³-hybridized carbons (Fsp3) is 0.875. The van der Waals surface area contributed by atoms with E-state index in [9.17, 15) is 5.26 Å². The van der Waals surface area contributed by atoms with E-state index in [0.29, 0.717) is 0 Å². The van der Waals surface area contributed by atoms with Crippen LogP contribution in [0.3, 0.4) is 0 Å². The SMILES string of the molecule is CCC=C[C@]1(C#N)CC[C@@H](C2CCC(CCCCCCC)CC2)CC1. The number of hydrogen-bond donors (Lipinski definition) is 0. The zero-order chi connectivity index (χ0) is 18.0. The highest BCUT2D eigenvalue weighted by Gasteiger charge is 2.37. The summed E-state index contributed by atoms with van der Waals surface area (Å²) < 4.78 is 0. The molecule has 142 valence electrons. The second kappa shape index (κ2) is 11.1. The Hall–Kier alpha value is -0.770. The minimum absolute atomic E-state index is 0.137. The molecule has 2 fully saturated rings. The Morgan fingerprint density at radius 3 is 2.12 bits per heavy atom. The molecule has 0 aliphatic heterocycles. The summed E-state index contributed by atoms with van der Waals surface area (Å²) in [4.78, 5) is 0. The van der Waals surface area contributed by atoms with E-state index in [-0.39, 0.29) is 5.41 Å². The Labute approximate surface area is 157 Å². The number of hydrogen-bond acceptors (Lipinski definition) is 1. The molecule has 1 nitrogen and oxygen atoms in total. The van der Waals surface area contributed by atoms with Gasteiger partial charge in [-0.3, -0.25) is 0 Å². The van der Waals surface area contributed by atoms with Gasteiger partial charge in [0, 0.05) is 0 Å². The van der Waals surface area contributed by atoms with Gasteiger partial charge in [-0.05, 0) is 62.7 Å². The average Bonchev–Trinajstić information content (AvgIpc) is 2.67. The number of nitrogens with zero attached hydrogens (tertiary/aromatic N) is 1. The number of nitriles is 1. The highest BCUT2D eigenvalue weighted by Crippen LogP contribution is 2.46. The monoisotopic (exact) mass is 343 g/mol. The number of unbranched alkanes of at least 4 members (excludes halogenated alkanes) is 4. The van der Waals surface area contributed by atoms with Gasteiger partial charge in [-0.15, -0.1) is 0 Å². The Morgan fingerprint density at radius 2 is 1.52 bits per heavy atom. The summed E-state index contributed by atoms with van der Waals surface area (Å²) in [6, 6.07) is 2.63. The van der Waals surface area contributed by atoms with E-state index < -0.39 is 0 Å². The summed E-state index contributed by atoms with van der Waals surface area (Å²) in [6.45, 7) is 4.46. The second-order valence-corrected chi connectivity index (χ2v) is 8.90. The quantitative estimate of drug-likeness (QED) is 0.309. The lowest BCUT2D eigenvalue weighted by Gasteiger charge is -2.39. The predicted octanol–water partition coefficient (Wildman–Crippen LogP) is 7.82. The van der Waals surface area contributed by atoms with Crippen molar-refractivity contribution in [2.24, 2.45) is 23.2 Å². The van der Waals surface area contributed by atoms with E-state index in [1.54, 1.807) is 0 Å². The maximum Gasteiger partial charge on any atom is 0.0753 e. The Kier molecular flexibility index (Phi) is 9.08. The maximum atomic E-state index is 9.63. The van der Waals surface area contributed by atoms with Crippen LogP contribution in [0, 0.1) is 34.5 Å². The Balaban J connectivity index is 1.67. The van der Waals surface area contributed by atoms with Crippen LogP contribution in [0.25, 0.3) is 0 Å². The van der Waals surface area contributed by atoms with E-state index in [1.807, 2.05) is 0 Å². The van der Waals surface area contributed by atoms with Gasteiger partial charge in [-0.2, -0.15) is 5.26 Å². The van der Waals surface area contributed by atoms with Crippen LogP contribution in [0.1, 0.15) is 110 Å². The molecule has 2 aliphatic carbocycles. The first-order valence-corrected chi connectivity index (χ1v) is 11.3. The van der Waals surface area contributed by atoms with Crippen molar-refractivity contribution in [3.63, 3.8) is 0 Å². The topological polar surface area (TPSA) is 23.8 Å². The lowest BCUT2D eigenvalue weighted by Crippen LogP contribution is -2.30. The lowest BCUT2D eigenvalue weighted by molar-refractivity contribution is 0.136. The normalized spacial score (nSPS) is 33.4. The fourth-order valence-electron chi connectivity index (χ4n) is 5.27. The van der Waals surface area contributed by atoms with Gasteiger partial charge in [-0.25, -0.2) is 0 Å². The standard InChI is InChI=1S/C24H41N/c1-3-5-7-8-9-10-21-11-13-22(14-12-21)23-15-18-24(20-25,19-16-23)17-6-4-2/h6,17,21-23H,3-5,7-16,18-19H2,1-2H3/t21?,22?,23-,24+. The first kappa shape index (κ1) is 20.5. The van der Waals surface area contributed by atoms with Crippen LogP contribution in [0.2, 0.25) is 0 Å². The van der Waals surface area contributed by atoms with Crippen LogP contribution in [-0.2, 0) is 0 Å². The number of allylic oxidation sites excluding steroid dienone is 2. The molecule has 0 aromatic carbocycles. The second-order valence-electron chi connectivity index (χ2n) is 8.90. The molecule has 25 heavy (non-hydrogen) atoms. The van der Waals surface area contributed by atoms with Crippen molar-refractivity contribution in [3.8, 4) is 6.07 Å². The predicted molar refractivity (Wildman–Crippen MR) is 108 cm³/mol. The minimum atomic E-state index is -0.137. The molecule has 0 spiro atoms. The van der Waals surface area contributed by atoms with Crippen LogP contribution < -0.4 is 0 Å². The summed E-state index contributed by atoms with van der Waals surface area (Å²) in [5.74, 6) is 2.89. The molecule has 0 amide bonds.